The predicted molar refractivity (Wildman–Crippen MR) is 118 cm³/mol. The first kappa shape index (κ1) is 33.3. The summed E-state index contributed by atoms with van der Waals surface area (Å²) in [5.74, 6) is -2.61. The Balaban J connectivity index is 3.21. The SMILES string of the molecule is CC(=O)O[C@H]1[C@H](O)[C@H](O)[C@H](C(F)(F)F)O[C@H]1CP(=O)(OCOC(=O)C(C)(C)C)OCOC(=O)C(C)(C)C. The van der Waals surface area contributed by atoms with Gasteiger partial charge in [0, 0.05) is 6.92 Å². The smallest absolute Gasteiger partial charge is 0.417 e. The van der Waals surface area contributed by atoms with Gasteiger partial charge in [-0.2, -0.15) is 13.2 Å². The van der Waals surface area contributed by atoms with Gasteiger partial charge >= 0.3 is 31.7 Å². The molecule has 0 bridgehead atoms. The number of halogens is 3. The van der Waals surface area contributed by atoms with Crippen LogP contribution in [-0.4, -0.2) is 84.6 Å². The van der Waals surface area contributed by atoms with Gasteiger partial charge in [-0.1, -0.05) is 0 Å². The highest BCUT2D eigenvalue weighted by Crippen LogP contribution is 2.51. The molecule has 37 heavy (non-hydrogen) atoms. The van der Waals surface area contributed by atoms with Gasteiger partial charge in [-0.3, -0.25) is 28.0 Å². The van der Waals surface area contributed by atoms with Crippen molar-refractivity contribution >= 4 is 25.5 Å². The Bertz CT molecular complexity index is 828. The maximum absolute atomic E-state index is 13.4. The summed E-state index contributed by atoms with van der Waals surface area (Å²) in [4.78, 5) is 35.5. The topological polar surface area (TPSA) is 164 Å². The lowest BCUT2D eigenvalue weighted by Gasteiger charge is -2.43. The van der Waals surface area contributed by atoms with Crippen LogP contribution in [0, 0.1) is 10.8 Å². The number of rotatable bonds is 9. The standard InChI is InChI=1S/C21H34F3O12P/c1-11(25)35-15-12(36-16(21(22,23)24)14(27)13(15)26)8-37(30,33-9-31-17(28)19(2,3)4)34-10-32-18(29)20(5,6)7/h12-16,26-27H,8-10H2,1-7H3/t12-,13+,14-,15+,16+/m0/s1. The number of carbonyl (C=O) groups excluding carboxylic acids is 3. The first-order chi connectivity index (χ1) is 16.6. The van der Waals surface area contributed by atoms with Crippen LogP contribution in [0.2, 0.25) is 0 Å². The summed E-state index contributed by atoms with van der Waals surface area (Å²) >= 11 is 0. The number of aliphatic hydroxyl groups excluding tert-OH is 2. The first-order valence-electron chi connectivity index (χ1n) is 11.1. The van der Waals surface area contributed by atoms with E-state index >= 15 is 0 Å². The minimum Gasteiger partial charge on any atom is -0.457 e. The molecule has 216 valence electrons. The molecule has 0 aromatic rings. The molecule has 16 heteroatoms. The maximum Gasteiger partial charge on any atom is 0.417 e. The highest BCUT2D eigenvalue weighted by molar-refractivity contribution is 7.53. The van der Waals surface area contributed by atoms with E-state index < -0.39 is 92.8 Å². The zero-order valence-electron chi connectivity index (χ0n) is 21.6. The van der Waals surface area contributed by atoms with Crippen molar-refractivity contribution in [2.75, 3.05) is 19.7 Å². The van der Waals surface area contributed by atoms with Crippen molar-refractivity contribution in [1.29, 1.82) is 0 Å². The molecule has 2 N–H and O–H groups in total. The second kappa shape index (κ2) is 12.4. The van der Waals surface area contributed by atoms with Crippen molar-refractivity contribution in [3.63, 3.8) is 0 Å². The second-order valence-corrected chi connectivity index (χ2v) is 12.4. The molecule has 12 nitrogen and oxygen atoms in total. The molecule has 0 aromatic carbocycles. The Morgan fingerprint density at radius 3 is 1.65 bits per heavy atom. The van der Waals surface area contributed by atoms with E-state index in [2.05, 4.69) is 0 Å². The third kappa shape index (κ3) is 10.1. The van der Waals surface area contributed by atoms with E-state index in [9.17, 15) is 42.3 Å². The fourth-order valence-corrected chi connectivity index (χ4v) is 4.26. The highest BCUT2D eigenvalue weighted by Gasteiger charge is 2.57. The van der Waals surface area contributed by atoms with Crippen LogP contribution in [0.3, 0.4) is 0 Å². The van der Waals surface area contributed by atoms with E-state index in [0.29, 0.717) is 0 Å². The van der Waals surface area contributed by atoms with Gasteiger partial charge in [-0.05, 0) is 41.5 Å². The Labute approximate surface area is 212 Å². The average Bonchev–Trinajstić information content (AvgIpc) is 2.70. The van der Waals surface area contributed by atoms with Crippen LogP contribution in [0.4, 0.5) is 13.2 Å². The van der Waals surface area contributed by atoms with Crippen LogP contribution in [0.25, 0.3) is 0 Å². The maximum atomic E-state index is 13.4. The minimum absolute atomic E-state index is 0.777. The molecule has 0 amide bonds. The van der Waals surface area contributed by atoms with Gasteiger partial charge in [0.25, 0.3) is 0 Å². The molecular formula is C21H34F3O12P. The molecule has 1 aliphatic heterocycles. The van der Waals surface area contributed by atoms with Crippen molar-refractivity contribution in [1.82, 2.24) is 0 Å². The van der Waals surface area contributed by atoms with Crippen LogP contribution < -0.4 is 0 Å². The first-order valence-corrected chi connectivity index (χ1v) is 12.8. The van der Waals surface area contributed by atoms with Crippen LogP contribution >= 0.6 is 7.60 Å². The monoisotopic (exact) mass is 566 g/mol. The number of carbonyl (C=O) groups is 3. The van der Waals surface area contributed by atoms with Crippen molar-refractivity contribution in [3.8, 4) is 0 Å². The number of alkyl halides is 3. The third-order valence-corrected chi connectivity index (χ3v) is 6.62. The number of esters is 3. The van der Waals surface area contributed by atoms with E-state index in [0.717, 1.165) is 6.92 Å². The van der Waals surface area contributed by atoms with E-state index in [4.69, 9.17) is 28.0 Å². The van der Waals surface area contributed by atoms with Gasteiger partial charge in [0.05, 0.1) is 17.0 Å². The second-order valence-electron chi connectivity index (χ2n) is 10.3. The van der Waals surface area contributed by atoms with Gasteiger partial charge in [0.1, 0.15) is 18.3 Å². The minimum atomic E-state index is -5.17. The molecule has 1 heterocycles. The zero-order valence-corrected chi connectivity index (χ0v) is 22.5. The number of ether oxygens (including phenoxy) is 4. The van der Waals surface area contributed by atoms with Gasteiger partial charge in [0.15, 0.2) is 12.2 Å². The molecule has 1 saturated heterocycles. The van der Waals surface area contributed by atoms with Crippen molar-refractivity contribution in [2.24, 2.45) is 10.8 Å². The average molecular weight is 566 g/mol. The van der Waals surface area contributed by atoms with Gasteiger partial charge in [-0.25, -0.2) is 0 Å². The molecule has 0 saturated carbocycles. The summed E-state index contributed by atoms with van der Waals surface area (Å²) < 4.78 is 83.2. The van der Waals surface area contributed by atoms with Gasteiger partial charge < -0.3 is 29.2 Å². The Kier molecular flexibility index (Phi) is 11.1. The summed E-state index contributed by atoms with van der Waals surface area (Å²) in [6.45, 7) is 8.03. The lowest BCUT2D eigenvalue weighted by atomic mass is 9.95. The largest absolute Gasteiger partial charge is 0.457 e. The van der Waals surface area contributed by atoms with Gasteiger partial charge in [-0.15, -0.1) is 0 Å². The molecule has 1 fully saturated rings. The van der Waals surface area contributed by atoms with Crippen LogP contribution in [-0.2, 0) is 46.9 Å². The Morgan fingerprint density at radius 2 is 1.30 bits per heavy atom. The number of hydrogen-bond acceptors (Lipinski definition) is 12. The lowest BCUT2D eigenvalue weighted by molar-refractivity contribution is -0.308. The summed E-state index contributed by atoms with van der Waals surface area (Å²) in [6, 6.07) is 0. The van der Waals surface area contributed by atoms with Gasteiger partial charge in [0.2, 0.25) is 13.6 Å². The summed E-state index contributed by atoms with van der Waals surface area (Å²) in [5, 5.41) is 20.1. The van der Waals surface area contributed by atoms with E-state index in [-0.39, 0.29) is 0 Å². The summed E-state index contributed by atoms with van der Waals surface area (Å²) in [5.41, 5.74) is -1.97. The molecule has 0 spiro atoms. The molecule has 0 unspecified atom stereocenters. The fraction of sp³-hybridized carbons (Fsp3) is 0.857. The summed E-state index contributed by atoms with van der Waals surface area (Å²) in [7, 11) is -4.64. The van der Waals surface area contributed by atoms with E-state index in [1.165, 1.54) is 41.5 Å². The Hall–Kier alpha value is -1.77. The Morgan fingerprint density at radius 1 is 0.865 bits per heavy atom. The molecule has 0 radical (unpaired) electrons. The molecular weight excluding hydrogens is 532 g/mol. The van der Waals surface area contributed by atoms with E-state index in [1.807, 2.05) is 0 Å². The molecule has 1 rings (SSSR count). The van der Waals surface area contributed by atoms with Crippen molar-refractivity contribution in [3.05, 3.63) is 0 Å². The van der Waals surface area contributed by atoms with Crippen LogP contribution in [0.15, 0.2) is 0 Å². The summed E-state index contributed by atoms with van der Waals surface area (Å²) in [6.07, 6.45) is -17.9. The van der Waals surface area contributed by atoms with Crippen molar-refractivity contribution in [2.45, 2.75) is 85.2 Å². The normalized spacial score (nSPS) is 25.4. The van der Waals surface area contributed by atoms with Crippen molar-refractivity contribution < 1.29 is 70.3 Å². The molecule has 0 aromatic heterocycles. The fourth-order valence-electron chi connectivity index (χ4n) is 2.81. The number of aliphatic hydroxyl groups is 2. The van der Waals surface area contributed by atoms with Crippen LogP contribution in [0.1, 0.15) is 48.5 Å². The lowest BCUT2D eigenvalue weighted by Crippen LogP contribution is -2.63. The molecule has 5 atom stereocenters. The van der Waals surface area contributed by atoms with E-state index in [1.54, 1.807) is 0 Å². The zero-order chi connectivity index (χ0) is 29.0. The number of hydrogen-bond donors (Lipinski definition) is 2. The third-order valence-electron chi connectivity index (χ3n) is 4.82. The predicted octanol–water partition coefficient (Wildman–Crippen LogP) is 2.29. The van der Waals surface area contributed by atoms with Crippen LogP contribution in [0.5, 0.6) is 0 Å². The molecule has 0 aliphatic carbocycles. The molecule has 1 aliphatic rings. The quantitative estimate of drug-likeness (QED) is 0.181. The highest BCUT2D eigenvalue weighted by atomic mass is 31.2.